The van der Waals surface area contributed by atoms with Crippen molar-refractivity contribution in [2.24, 2.45) is 0 Å². The summed E-state index contributed by atoms with van der Waals surface area (Å²) < 4.78 is 11.9. The van der Waals surface area contributed by atoms with Gasteiger partial charge in [0.15, 0.2) is 11.4 Å². The van der Waals surface area contributed by atoms with Crippen LogP contribution in [-0.4, -0.2) is 27.6 Å². The summed E-state index contributed by atoms with van der Waals surface area (Å²) >= 11 is 0. The van der Waals surface area contributed by atoms with Crippen LogP contribution in [0.2, 0.25) is 0 Å². The number of carbonyl (C=O) groups excluding carboxylic acids is 1. The molecule has 3 aromatic heterocycles. The highest BCUT2D eigenvalue weighted by molar-refractivity contribution is 6.03. The fourth-order valence-electron chi connectivity index (χ4n) is 2.62. The molecule has 1 aromatic carbocycles. The van der Waals surface area contributed by atoms with Crippen molar-refractivity contribution < 1.29 is 13.9 Å². The van der Waals surface area contributed by atoms with Gasteiger partial charge in [-0.1, -0.05) is 12.1 Å². The number of ether oxygens (including phenoxy) is 1. The van der Waals surface area contributed by atoms with E-state index in [1.54, 1.807) is 29.8 Å². The molecule has 0 saturated carbocycles. The number of aryl methyl sites for hydroxylation is 1. The van der Waals surface area contributed by atoms with Gasteiger partial charge >= 0.3 is 0 Å². The maximum atomic E-state index is 12.2. The van der Waals surface area contributed by atoms with E-state index in [9.17, 15) is 4.79 Å². The Labute approximate surface area is 149 Å². The molecule has 4 aromatic rings. The van der Waals surface area contributed by atoms with E-state index in [1.165, 1.54) is 6.26 Å². The number of nitrogens with one attached hydrogen (secondary N) is 1. The van der Waals surface area contributed by atoms with Crippen molar-refractivity contribution in [3.05, 3.63) is 66.2 Å². The number of anilines is 1. The largest absolute Gasteiger partial charge is 0.480 e. The van der Waals surface area contributed by atoms with Crippen molar-refractivity contribution in [2.45, 2.75) is 6.92 Å². The zero-order valence-corrected chi connectivity index (χ0v) is 14.3. The van der Waals surface area contributed by atoms with E-state index in [2.05, 4.69) is 15.4 Å². The van der Waals surface area contributed by atoms with Gasteiger partial charge in [-0.05, 0) is 36.8 Å². The molecule has 0 radical (unpaired) electrons. The maximum absolute atomic E-state index is 12.2. The molecule has 26 heavy (non-hydrogen) atoms. The fourth-order valence-corrected chi connectivity index (χ4v) is 2.62. The first-order chi connectivity index (χ1) is 12.6. The molecule has 3 heterocycles. The Morgan fingerprint density at radius 1 is 1.23 bits per heavy atom. The third kappa shape index (κ3) is 2.90. The van der Waals surface area contributed by atoms with Crippen LogP contribution >= 0.6 is 0 Å². The number of amides is 1. The molecule has 130 valence electrons. The number of methoxy groups -OCH3 is 1. The molecule has 0 aliphatic carbocycles. The van der Waals surface area contributed by atoms with Gasteiger partial charge < -0.3 is 14.5 Å². The van der Waals surface area contributed by atoms with Gasteiger partial charge in [0.25, 0.3) is 5.91 Å². The van der Waals surface area contributed by atoms with E-state index in [4.69, 9.17) is 9.15 Å². The number of hydrogen-bond acceptors (Lipinski definition) is 5. The van der Waals surface area contributed by atoms with Gasteiger partial charge in [-0.25, -0.2) is 9.50 Å². The van der Waals surface area contributed by atoms with Crippen LogP contribution < -0.4 is 10.1 Å². The van der Waals surface area contributed by atoms with Crippen LogP contribution in [0.3, 0.4) is 0 Å². The van der Waals surface area contributed by atoms with Crippen molar-refractivity contribution in [1.29, 1.82) is 0 Å². The quantitative estimate of drug-likeness (QED) is 0.610. The minimum absolute atomic E-state index is 0.263. The molecule has 0 atom stereocenters. The Kier molecular flexibility index (Phi) is 3.89. The average Bonchev–Trinajstić information content (AvgIpc) is 3.32. The van der Waals surface area contributed by atoms with Crippen LogP contribution in [0.15, 0.2) is 59.3 Å². The van der Waals surface area contributed by atoms with Crippen molar-refractivity contribution in [3.63, 3.8) is 0 Å². The molecule has 0 unspecified atom stereocenters. The summed E-state index contributed by atoms with van der Waals surface area (Å²) in [6.07, 6.45) is 3.29. The minimum Gasteiger partial charge on any atom is -0.480 e. The van der Waals surface area contributed by atoms with Gasteiger partial charge in [0.1, 0.15) is 0 Å². The molecule has 7 nitrogen and oxygen atoms in total. The number of nitrogens with zero attached hydrogens (tertiary/aromatic N) is 3. The lowest BCUT2D eigenvalue weighted by molar-refractivity contribution is 0.0996. The smallest absolute Gasteiger partial charge is 0.291 e. The molecule has 0 saturated heterocycles. The molecule has 0 bridgehead atoms. The summed E-state index contributed by atoms with van der Waals surface area (Å²) in [7, 11) is 1.57. The van der Waals surface area contributed by atoms with E-state index in [-0.39, 0.29) is 11.7 Å². The lowest BCUT2D eigenvalue weighted by Gasteiger charge is -2.08. The van der Waals surface area contributed by atoms with Gasteiger partial charge in [0.2, 0.25) is 5.88 Å². The van der Waals surface area contributed by atoms with Gasteiger partial charge in [0.05, 0.1) is 25.3 Å². The number of furan rings is 1. The van der Waals surface area contributed by atoms with Crippen LogP contribution in [-0.2, 0) is 0 Å². The Balaban J connectivity index is 1.68. The summed E-state index contributed by atoms with van der Waals surface area (Å²) in [5.74, 6) is 0.479. The molecular formula is C19H16N4O3. The average molecular weight is 348 g/mol. The van der Waals surface area contributed by atoms with Crippen LogP contribution in [0.5, 0.6) is 5.88 Å². The summed E-state index contributed by atoms with van der Waals surface area (Å²) in [5.41, 5.74) is 3.97. The molecular weight excluding hydrogens is 332 g/mol. The predicted molar refractivity (Wildman–Crippen MR) is 96.4 cm³/mol. The second-order valence-corrected chi connectivity index (χ2v) is 5.77. The topological polar surface area (TPSA) is 81.7 Å². The lowest BCUT2D eigenvalue weighted by atomic mass is 10.1. The molecule has 0 aliphatic rings. The van der Waals surface area contributed by atoms with E-state index < -0.39 is 0 Å². The zero-order valence-electron chi connectivity index (χ0n) is 14.3. The van der Waals surface area contributed by atoms with E-state index >= 15 is 0 Å². The third-order valence-electron chi connectivity index (χ3n) is 4.03. The number of rotatable bonds is 4. The number of hydrogen-bond donors (Lipinski definition) is 1. The van der Waals surface area contributed by atoms with Crippen molar-refractivity contribution in [1.82, 2.24) is 14.6 Å². The SMILES string of the molecule is COc1ccc2nc(-c3ccc(C)c(NC(=O)c4ccco4)c3)cn2n1. The van der Waals surface area contributed by atoms with Gasteiger partial charge in [-0.3, -0.25) is 4.79 Å². The minimum atomic E-state index is -0.295. The van der Waals surface area contributed by atoms with Crippen molar-refractivity contribution in [3.8, 4) is 17.1 Å². The maximum Gasteiger partial charge on any atom is 0.291 e. The lowest BCUT2D eigenvalue weighted by Crippen LogP contribution is -2.11. The molecule has 7 heteroatoms. The van der Waals surface area contributed by atoms with E-state index in [1.807, 2.05) is 37.4 Å². The first kappa shape index (κ1) is 15.9. The summed E-state index contributed by atoms with van der Waals surface area (Å²) in [6, 6.07) is 12.7. The summed E-state index contributed by atoms with van der Waals surface area (Å²) in [4.78, 5) is 16.8. The standard InChI is InChI=1S/C19H16N4O3/c1-12-5-6-13(10-14(12)21-19(24)16-4-3-9-26-16)15-11-23-17(20-15)7-8-18(22-23)25-2/h3-11H,1-2H3,(H,21,24). The van der Waals surface area contributed by atoms with Gasteiger partial charge in [-0.15, -0.1) is 5.10 Å². The normalized spacial score (nSPS) is 10.8. The van der Waals surface area contributed by atoms with Crippen molar-refractivity contribution in [2.75, 3.05) is 12.4 Å². The second kappa shape index (κ2) is 6.36. The Hall–Kier alpha value is -3.61. The summed E-state index contributed by atoms with van der Waals surface area (Å²) in [6.45, 7) is 1.93. The molecule has 1 amide bonds. The summed E-state index contributed by atoms with van der Waals surface area (Å²) in [5, 5.41) is 7.18. The molecule has 1 N–H and O–H groups in total. The van der Waals surface area contributed by atoms with Gasteiger partial charge in [0, 0.05) is 17.3 Å². The third-order valence-corrected chi connectivity index (χ3v) is 4.03. The van der Waals surface area contributed by atoms with Crippen LogP contribution in [0, 0.1) is 6.92 Å². The Morgan fingerprint density at radius 3 is 2.88 bits per heavy atom. The molecule has 4 rings (SSSR count). The predicted octanol–water partition coefficient (Wildman–Crippen LogP) is 3.56. The first-order valence-corrected chi connectivity index (χ1v) is 8.00. The Morgan fingerprint density at radius 2 is 2.12 bits per heavy atom. The molecule has 0 fully saturated rings. The fraction of sp³-hybridized carbons (Fsp3) is 0.105. The highest BCUT2D eigenvalue weighted by atomic mass is 16.5. The van der Waals surface area contributed by atoms with Crippen molar-refractivity contribution >= 4 is 17.2 Å². The number of fused-ring (bicyclic) bond motifs is 1. The molecule has 0 spiro atoms. The Bertz CT molecular complexity index is 1080. The van der Waals surface area contributed by atoms with Gasteiger partial charge in [-0.2, -0.15) is 0 Å². The molecule has 0 aliphatic heterocycles. The van der Waals surface area contributed by atoms with Crippen LogP contribution in [0.1, 0.15) is 16.1 Å². The second-order valence-electron chi connectivity index (χ2n) is 5.77. The number of imidazole rings is 1. The highest BCUT2D eigenvalue weighted by Crippen LogP contribution is 2.26. The highest BCUT2D eigenvalue weighted by Gasteiger charge is 2.12. The monoisotopic (exact) mass is 348 g/mol. The van der Waals surface area contributed by atoms with Crippen LogP contribution in [0.4, 0.5) is 5.69 Å². The number of benzene rings is 1. The number of aromatic nitrogens is 3. The van der Waals surface area contributed by atoms with E-state index in [0.29, 0.717) is 17.2 Å². The number of carbonyl (C=O) groups is 1. The van der Waals surface area contributed by atoms with E-state index in [0.717, 1.165) is 16.8 Å². The first-order valence-electron chi connectivity index (χ1n) is 8.00. The zero-order chi connectivity index (χ0) is 18.1. The van der Waals surface area contributed by atoms with Crippen LogP contribution in [0.25, 0.3) is 16.9 Å².